The van der Waals surface area contributed by atoms with Crippen LogP contribution < -0.4 is 0 Å². The highest BCUT2D eigenvalue weighted by molar-refractivity contribution is 6.00. The van der Waals surface area contributed by atoms with Gasteiger partial charge in [0.2, 0.25) is 0 Å². The summed E-state index contributed by atoms with van der Waals surface area (Å²) in [6.45, 7) is 0. The third-order valence-electron chi connectivity index (χ3n) is 1.50. The molecule has 0 aliphatic heterocycles. The lowest BCUT2D eigenvalue weighted by Gasteiger charge is -1.96. The van der Waals surface area contributed by atoms with Crippen LogP contribution in [0.2, 0.25) is 0 Å². The molecule has 0 aromatic heterocycles. The summed E-state index contributed by atoms with van der Waals surface area (Å²) < 4.78 is 0. The summed E-state index contributed by atoms with van der Waals surface area (Å²) in [6, 6.07) is 3.29. The fourth-order valence-electron chi connectivity index (χ4n) is 0.881. The first kappa shape index (κ1) is 9.78. The number of benzene rings is 1. The molecule has 0 fully saturated rings. The minimum absolute atomic E-state index is 0.0793. The molecule has 0 heterocycles. The van der Waals surface area contributed by atoms with Crippen LogP contribution in [-0.2, 0) is 0 Å². The highest BCUT2D eigenvalue weighted by atomic mass is 16.3. The van der Waals surface area contributed by atoms with Crippen LogP contribution >= 0.6 is 0 Å². The first-order valence-corrected chi connectivity index (χ1v) is 3.41. The third-order valence-corrected chi connectivity index (χ3v) is 1.50. The summed E-state index contributed by atoms with van der Waals surface area (Å²) in [7, 11) is 0. The smallest absolute Gasteiger partial charge is 0.263 e. The minimum atomic E-state index is -1.16. The fraction of sp³-hybridized carbons (Fsp3) is 0. The van der Waals surface area contributed by atoms with Crippen molar-refractivity contribution >= 4 is 17.3 Å². The van der Waals surface area contributed by atoms with E-state index in [-0.39, 0.29) is 16.9 Å². The van der Waals surface area contributed by atoms with Crippen LogP contribution in [0.3, 0.4) is 0 Å². The van der Waals surface area contributed by atoms with E-state index in [2.05, 4.69) is 15.5 Å². The molecule has 1 rings (SSSR count). The Balaban J connectivity index is 3.34. The van der Waals surface area contributed by atoms with E-state index in [9.17, 15) is 19.5 Å². The Morgan fingerprint density at radius 2 is 1.79 bits per heavy atom. The molecule has 1 aromatic carbocycles. The largest absolute Gasteiger partial charge is 0.319 e. The van der Waals surface area contributed by atoms with Gasteiger partial charge in [0.05, 0.1) is 5.56 Å². The summed E-state index contributed by atoms with van der Waals surface area (Å²) in [5.74, 6) is -1.16. The van der Waals surface area contributed by atoms with Gasteiger partial charge in [0.1, 0.15) is 11.4 Å². The summed E-state index contributed by atoms with van der Waals surface area (Å²) >= 11 is 0. The molecule has 0 N–H and O–H groups in total. The topological polar surface area (TPSA) is 105 Å². The molecule has 7 nitrogen and oxygen atoms in total. The number of rotatable bonds is 3. The second-order valence-electron chi connectivity index (χ2n) is 2.28. The summed E-state index contributed by atoms with van der Waals surface area (Å²) in [5, 5.41) is 7.15. The van der Waals surface area contributed by atoms with Crippen LogP contribution in [0.5, 0.6) is 0 Å². The molecule has 0 spiro atoms. The van der Waals surface area contributed by atoms with Crippen molar-refractivity contribution in [3.8, 4) is 0 Å². The Kier molecular flexibility index (Phi) is 2.85. The molecule has 14 heavy (non-hydrogen) atoms. The standard InChI is InChI=1S/C7H3N3O4/c11-7(10-14)5-3-4(8-12)1-2-6(5)9-13/h1-3H. The Labute approximate surface area is 77.0 Å². The van der Waals surface area contributed by atoms with Crippen LogP contribution in [0.1, 0.15) is 10.4 Å². The van der Waals surface area contributed by atoms with Crippen LogP contribution in [0.4, 0.5) is 11.4 Å². The van der Waals surface area contributed by atoms with Gasteiger partial charge in [0, 0.05) is 5.18 Å². The van der Waals surface area contributed by atoms with Crippen LogP contribution in [0.15, 0.2) is 33.7 Å². The molecule has 1 aromatic rings. The average molecular weight is 193 g/mol. The Morgan fingerprint density at radius 3 is 2.29 bits per heavy atom. The molecular weight excluding hydrogens is 190 g/mol. The zero-order chi connectivity index (χ0) is 10.6. The quantitative estimate of drug-likeness (QED) is 0.686. The van der Waals surface area contributed by atoms with Crippen molar-refractivity contribution in [2.75, 3.05) is 0 Å². The van der Waals surface area contributed by atoms with E-state index in [1.54, 1.807) is 0 Å². The van der Waals surface area contributed by atoms with Crippen molar-refractivity contribution in [1.29, 1.82) is 0 Å². The minimum Gasteiger partial charge on any atom is -0.263 e. The van der Waals surface area contributed by atoms with Gasteiger partial charge in [-0.1, -0.05) is 0 Å². The Hall–Kier alpha value is -2.31. The lowest BCUT2D eigenvalue weighted by Crippen LogP contribution is -1.93. The molecule has 0 aliphatic rings. The molecule has 0 radical (unpaired) electrons. The molecule has 0 atom stereocenters. The predicted octanol–water partition coefficient (Wildman–Crippen LogP) is 2.39. The van der Waals surface area contributed by atoms with Gasteiger partial charge in [-0.25, -0.2) is 0 Å². The highest BCUT2D eigenvalue weighted by Crippen LogP contribution is 2.25. The van der Waals surface area contributed by atoms with E-state index >= 15 is 0 Å². The van der Waals surface area contributed by atoms with Gasteiger partial charge in [0.15, 0.2) is 0 Å². The zero-order valence-corrected chi connectivity index (χ0v) is 6.71. The maximum Gasteiger partial charge on any atom is 0.319 e. The first-order chi connectivity index (χ1) is 6.72. The Bertz CT molecular complexity index is 415. The monoisotopic (exact) mass is 193 g/mol. The van der Waals surface area contributed by atoms with Crippen molar-refractivity contribution in [2.45, 2.75) is 0 Å². The van der Waals surface area contributed by atoms with Crippen LogP contribution in [0, 0.1) is 14.7 Å². The third kappa shape index (κ3) is 1.71. The van der Waals surface area contributed by atoms with Crippen LogP contribution in [-0.4, -0.2) is 5.91 Å². The van der Waals surface area contributed by atoms with Crippen molar-refractivity contribution in [1.82, 2.24) is 0 Å². The number of nitroso groups, excluding NO2 is 3. The maximum atomic E-state index is 10.8. The molecule has 0 bridgehead atoms. The van der Waals surface area contributed by atoms with Gasteiger partial charge in [-0.15, -0.1) is 14.7 Å². The SMILES string of the molecule is O=NC(=O)c1cc(N=O)ccc1N=O. The maximum absolute atomic E-state index is 10.8. The van der Waals surface area contributed by atoms with E-state index in [0.717, 1.165) is 12.1 Å². The molecule has 0 unspecified atom stereocenters. The van der Waals surface area contributed by atoms with Crippen LogP contribution in [0.25, 0.3) is 0 Å². The normalized spacial score (nSPS) is 9.14. The van der Waals surface area contributed by atoms with E-state index in [0.29, 0.717) is 0 Å². The highest BCUT2D eigenvalue weighted by Gasteiger charge is 2.13. The molecular formula is C7H3N3O4. The van der Waals surface area contributed by atoms with E-state index in [4.69, 9.17) is 0 Å². The fourth-order valence-corrected chi connectivity index (χ4v) is 0.881. The van der Waals surface area contributed by atoms with Gasteiger partial charge in [0.25, 0.3) is 0 Å². The van der Waals surface area contributed by atoms with Crippen molar-refractivity contribution in [3.63, 3.8) is 0 Å². The molecule has 7 heteroatoms. The van der Waals surface area contributed by atoms with Crippen molar-refractivity contribution in [3.05, 3.63) is 38.5 Å². The van der Waals surface area contributed by atoms with E-state index in [1.807, 2.05) is 0 Å². The zero-order valence-electron chi connectivity index (χ0n) is 6.71. The number of carbonyl (C=O) groups is 1. The first-order valence-electron chi connectivity index (χ1n) is 3.41. The van der Waals surface area contributed by atoms with E-state index in [1.165, 1.54) is 6.07 Å². The number of nitrogens with zero attached hydrogens (tertiary/aromatic N) is 3. The molecule has 1 amide bonds. The number of hydrogen-bond acceptors (Lipinski definition) is 6. The second kappa shape index (κ2) is 4.08. The lowest BCUT2D eigenvalue weighted by molar-refractivity contribution is 0.100. The molecule has 0 saturated carbocycles. The van der Waals surface area contributed by atoms with Crippen molar-refractivity contribution < 1.29 is 4.79 Å². The second-order valence-corrected chi connectivity index (χ2v) is 2.28. The Morgan fingerprint density at radius 1 is 1.07 bits per heavy atom. The van der Waals surface area contributed by atoms with E-state index < -0.39 is 5.91 Å². The predicted molar refractivity (Wildman–Crippen MR) is 47.5 cm³/mol. The van der Waals surface area contributed by atoms with Gasteiger partial charge < -0.3 is 0 Å². The molecule has 0 aliphatic carbocycles. The van der Waals surface area contributed by atoms with Crippen molar-refractivity contribution in [2.24, 2.45) is 15.5 Å². The van der Waals surface area contributed by atoms with Gasteiger partial charge in [-0.2, -0.15) is 0 Å². The molecule has 0 saturated heterocycles. The average Bonchev–Trinajstić information content (AvgIpc) is 2.27. The number of carbonyl (C=O) groups excluding carboxylic acids is 1. The van der Waals surface area contributed by atoms with Gasteiger partial charge in [-0.05, 0) is 28.6 Å². The lowest BCUT2D eigenvalue weighted by atomic mass is 10.1. The number of amides is 1. The number of hydrogen-bond donors (Lipinski definition) is 0. The summed E-state index contributed by atoms with van der Waals surface area (Å²) in [6.07, 6.45) is 0. The summed E-state index contributed by atoms with van der Waals surface area (Å²) in [5.41, 5.74) is -0.654. The van der Waals surface area contributed by atoms with Gasteiger partial charge in [-0.3, -0.25) is 4.79 Å². The summed E-state index contributed by atoms with van der Waals surface area (Å²) in [4.78, 5) is 41.0. The van der Waals surface area contributed by atoms with Gasteiger partial charge >= 0.3 is 5.91 Å². The molecule has 70 valence electrons.